The Morgan fingerprint density at radius 3 is 2.10 bits per heavy atom. The highest BCUT2D eigenvalue weighted by molar-refractivity contribution is 5.71. The molecule has 20 heavy (non-hydrogen) atoms. The van der Waals surface area contributed by atoms with Crippen LogP contribution in [0.1, 0.15) is 45.4 Å². The number of carbonyl (C=O) groups is 1. The average Bonchev–Trinajstić information content (AvgIpc) is 2.67. The molecule has 5 aliphatic rings. The second-order valence-electron chi connectivity index (χ2n) is 8.53. The van der Waals surface area contributed by atoms with Gasteiger partial charge in [0, 0.05) is 19.6 Å². The first-order valence-corrected chi connectivity index (χ1v) is 8.48. The monoisotopic (exact) mass is 277 g/mol. The molecule has 1 heterocycles. The van der Waals surface area contributed by atoms with Crippen LogP contribution in [0.4, 0.5) is 0 Å². The first kappa shape index (κ1) is 13.1. The standard InChI is InChI=1S/C17H27NO2/c1-11-8-18(9-15(11)16(19)20)10-17-5-12-2-13(6-17)4-14(3-12)7-17/h11-15H,2-10H2,1H3,(H,19,20). The van der Waals surface area contributed by atoms with Crippen molar-refractivity contribution in [3.63, 3.8) is 0 Å². The number of carboxylic acids is 1. The van der Waals surface area contributed by atoms with Crippen molar-refractivity contribution in [2.24, 2.45) is 35.0 Å². The largest absolute Gasteiger partial charge is 0.481 e. The number of nitrogens with zero attached hydrogens (tertiary/aromatic N) is 1. The van der Waals surface area contributed by atoms with Crippen molar-refractivity contribution < 1.29 is 9.90 Å². The lowest BCUT2D eigenvalue weighted by Crippen LogP contribution is -2.51. The fourth-order valence-corrected chi connectivity index (χ4v) is 6.48. The second-order valence-corrected chi connectivity index (χ2v) is 8.53. The number of likely N-dealkylation sites (tertiary alicyclic amines) is 1. The molecule has 112 valence electrons. The molecule has 0 aromatic rings. The molecule has 5 fully saturated rings. The topological polar surface area (TPSA) is 40.5 Å². The minimum Gasteiger partial charge on any atom is -0.481 e. The van der Waals surface area contributed by atoms with Gasteiger partial charge in [-0.1, -0.05) is 6.92 Å². The van der Waals surface area contributed by atoms with Gasteiger partial charge >= 0.3 is 5.97 Å². The average molecular weight is 277 g/mol. The van der Waals surface area contributed by atoms with E-state index in [1.54, 1.807) is 0 Å². The van der Waals surface area contributed by atoms with Gasteiger partial charge in [-0.25, -0.2) is 0 Å². The third-order valence-corrected chi connectivity index (χ3v) is 6.73. The molecule has 1 saturated heterocycles. The molecular formula is C17H27NO2. The predicted octanol–water partition coefficient (Wildman–Crippen LogP) is 2.86. The van der Waals surface area contributed by atoms with E-state index in [4.69, 9.17) is 0 Å². The summed E-state index contributed by atoms with van der Waals surface area (Å²) in [6, 6.07) is 0. The van der Waals surface area contributed by atoms with E-state index in [2.05, 4.69) is 11.8 Å². The van der Waals surface area contributed by atoms with Crippen molar-refractivity contribution in [1.29, 1.82) is 0 Å². The first-order chi connectivity index (χ1) is 9.53. The summed E-state index contributed by atoms with van der Waals surface area (Å²) < 4.78 is 0. The van der Waals surface area contributed by atoms with Crippen molar-refractivity contribution in [3.05, 3.63) is 0 Å². The number of carboxylic acid groups (broad SMARTS) is 1. The summed E-state index contributed by atoms with van der Waals surface area (Å²) in [5.74, 6) is 2.58. The Labute approximate surface area is 121 Å². The maximum atomic E-state index is 11.3. The Morgan fingerprint density at radius 2 is 1.65 bits per heavy atom. The molecule has 4 bridgehead atoms. The van der Waals surface area contributed by atoms with Crippen LogP contribution in [0.3, 0.4) is 0 Å². The van der Waals surface area contributed by atoms with Crippen LogP contribution < -0.4 is 0 Å². The molecule has 0 amide bonds. The summed E-state index contributed by atoms with van der Waals surface area (Å²) in [7, 11) is 0. The highest BCUT2D eigenvalue weighted by Gasteiger charge is 2.52. The van der Waals surface area contributed by atoms with E-state index in [0.717, 1.165) is 30.8 Å². The summed E-state index contributed by atoms with van der Waals surface area (Å²) in [5, 5.41) is 9.30. The minimum atomic E-state index is -0.592. The molecule has 0 radical (unpaired) electrons. The van der Waals surface area contributed by atoms with Gasteiger partial charge in [0.25, 0.3) is 0 Å². The van der Waals surface area contributed by atoms with Crippen molar-refractivity contribution in [3.8, 4) is 0 Å². The lowest BCUT2D eigenvalue weighted by Gasteiger charge is -2.57. The fraction of sp³-hybridized carbons (Fsp3) is 0.941. The van der Waals surface area contributed by atoms with E-state index in [9.17, 15) is 9.90 Å². The maximum Gasteiger partial charge on any atom is 0.308 e. The molecule has 3 heteroatoms. The van der Waals surface area contributed by atoms with Gasteiger partial charge < -0.3 is 10.0 Å². The zero-order valence-corrected chi connectivity index (χ0v) is 12.6. The summed E-state index contributed by atoms with van der Waals surface area (Å²) in [4.78, 5) is 13.8. The molecule has 0 spiro atoms. The highest BCUT2D eigenvalue weighted by atomic mass is 16.4. The molecule has 2 unspecified atom stereocenters. The van der Waals surface area contributed by atoms with Crippen molar-refractivity contribution >= 4 is 5.97 Å². The Morgan fingerprint density at radius 1 is 1.10 bits per heavy atom. The Hall–Kier alpha value is -0.570. The molecule has 0 aromatic carbocycles. The van der Waals surface area contributed by atoms with Gasteiger partial charge in [-0.3, -0.25) is 4.79 Å². The lowest BCUT2D eigenvalue weighted by molar-refractivity contribution is -0.142. The first-order valence-electron chi connectivity index (χ1n) is 8.48. The van der Waals surface area contributed by atoms with Gasteiger partial charge in [0.05, 0.1) is 5.92 Å². The van der Waals surface area contributed by atoms with Gasteiger partial charge in [-0.05, 0) is 67.6 Å². The van der Waals surface area contributed by atoms with Crippen LogP contribution in [-0.4, -0.2) is 35.6 Å². The van der Waals surface area contributed by atoms with Crippen LogP contribution >= 0.6 is 0 Å². The normalized spacial score (nSPS) is 50.8. The highest BCUT2D eigenvalue weighted by Crippen LogP contribution is 2.60. The molecule has 0 aromatic heterocycles. The van der Waals surface area contributed by atoms with Crippen molar-refractivity contribution in [1.82, 2.24) is 4.90 Å². The van der Waals surface area contributed by atoms with Crippen LogP contribution in [-0.2, 0) is 4.79 Å². The van der Waals surface area contributed by atoms with Crippen LogP contribution in [0, 0.1) is 35.0 Å². The second kappa shape index (κ2) is 4.46. The Bertz CT molecular complexity index is 384. The van der Waals surface area contributed by atoms with E-state index in [1.807, 2.05) is 0 Å². The van der Waals surface area contributed by atoms with Gasteiger partial charge in [0.2, 0.25) is 0 Å². The molecule has 4 saturated carbocycles. The van der Waals surface area contributed by atoms with E-state index in [-0.39, 0.29) is 5.92 Å². The van der Waals surface area contributed by atoms with Crippen LogP contribution in [0.15, 0.2) is 0 Å². The van der Waals surface area contributed by atoms with E-state index >= 15 is 0 Å². The summed E-state index contributed by atoms with van der Waals surface area (Å²) >= 11 is 0. The van der Waals surface area contributed by atoms with E-state index in [1.165, 1.54) is 45.1 Å². The smallest absolute Gasteiger partial charge is 0.308 e. The SMILES string of the molecule is CC1CN(CC23CC4CC(CC(C4)C2)C3)CC1C(=O)O. The zero-order chi connectivity index (χ0) is 13.9. The van der Waals surface area contributed by atoms with Gasteiger partial charge in [-0.15, -0.1) is 0 Å². The number of hydrogen-bond acceptors (Lipinski definition) is 2. The van der Waals surface area contributed by atoms with Gasteiger partial charge in [0.1, 0.15) is 0 Å². The van der Waals surface area contributed by atoms with Gasteiger partial charge in [0.15, 0.2) is 0 Å². The van der Waals surface area contributed by atoms with E-state index < -0.39 is 5.97 Å². The fourth-order valence-electron chi connectivity index (χ4n) is 6.48. The zero-order valence-electron chi connectivity index (χ0n) is 12.6. The molecular weight excluding hydrogens is 250 g/mol. The van der Waals surface area contributed by atoms with E-state index in [0.29, 0.717) is 11.3 Å². The third-order valence-electron chi connectivity index (χ3n) is 6.73. The predicted molar refractivity (Wildman–Crippen MR) is 77.3 cm³/mol. The molecule has 2 atom stereocenters. The molecule has 5 rings (SSSR count). The maximum absolute atomic E-state index is 11.3. The number of rotatable bonds is 3. The molecule has 1 aliphatic heterocycles. The number of hydrogen-bond donors (Lipinski definition) is 1. The lowest BCUT2D eigenvalue weighted by atomic mass is 9.49. The Balaban J connectivity index is 1.46. The Kier molecular flexibility index (Phi) is 2.93. The molecule has 4 aliphatic carbocycles. The summed E-state index contributed by atoms with van der Waals surface area (Å²) in [6.07, 6.45) is 8.78. The molecule has 1 N–H and O–H groups in total. The number of aliphatic carboxylic acids is 1. The van der Waals surface area contributed by atoms with Crippen LogP contribution in [0.2, 0.25) is 0 Å². The third kappa shape index (κ3) is 2.09. The quantitative estimate of drug-likeness (QED) is 0.862. The summed E-state index contributed by atoms with van der Waals surface area (Å²) in [6.45, 7) is 5.08. The summed E-state index contributed by atoms with van der Waals surface area (Å²) in [5.41, 5.74) is 0.557. The molecule has 3 nitrogen and oxygen atoms in total. The van der Waals surface area contributed by atoms with Crippen molar-refractivity contribution in [2.75, 3.05) is 19.6 Å². The van der Waals surface area contributed by atoms with Gasteiger partial charge in [-0.2, -0.15) is 0 Å². The van der Waals surface area contributed by atoms with Crippen LogP contribution in [0.5, 0.6) is 0 Å². The van der Waals surface area contributed by atoms with Crippen LogP contribution in [0.25, 0.3) is 0 Å². The van der Waals surface area contributed by atoms with Crippen molar-refractivity contribution in [2.45, 2.75) is 45.4 Å². The minimum absolute atomic E-state index is 0.135.